The molecule has 0 aliphatic heterocycles. The molecule has 8 unspecified atom stereocenters. The number of esters is 1. The summed E-state index contributed by atoms with van der Waals surface area (Å²) in [4.78, 5) is 28.0. The average molecular weight is 503 g/mol. The quantitative estimate of drug-likeness (QED) is 0.435. The van der Waals surface area contributed by atoms with Gasteiger partial charge in [0.15, 0.2) is 17.5 Å². The van der Waals surface area contributed by atoms with Crippen molar-refractivity contribution in [2.45, 2.75) is 51.9 Å². The van der Waals surface area contributed by atoms with E-state index >= 15 is 0 Å². The van der Waals surface area contributed by atoms with Gasteiger partial charge in [-0.3, -0.25) is 4.79 Å². The Morgan fingerprint density at radius 2 is 1.84 bits per heavy atom. The number of carbonyl (C=O) groups excluding carboxylic acids is 2. The predicted molar refractivity (Wildman–Crippen MR) is 139 cm³/mol. The first-order valence-electron chi connectivity index (χ1n) is 13.1. The molecule has 0 aromatic heterocycles. The summed E-state index contributed by atoms with van der Waals surface area (Å²) in [7, 11) is 0. The second-order valence-electron chi connectivity index (χ2n) is 12.2. The molecule has 3 N–H and O–H groups in total. The molecular weight excluding hydrogens is 468 g/mol. The van der Waals surface area contributed by atoms with E-state index < -0.39 is 41.7 Å². The van der Waals surface area contributed by atoms with Crippen molar-refractivity contribution in [3.05, 3.63) is 71.3 Å². The van der Waals surface area contributed by atoms with Gasteiger partial charge in [-0.15, -0.1) is 0 Å². The first-order chi connectivity index (χ1) is 17.5. The molecule has 1 spiro atoms. The minimum Gasteiger partial charge on any atom is -0.451 e. The van der Waals surface area contributed by atoms with E-state index in [1.54, 1.807) is 31.2 Å². The van der Waals surface area contributed by atoms with Gasteiger partial charge < -0.3 is 20.1 Å². The number of ether oxygens (including phenoxy) is 1. The third-order valence-corrected chi connectivity index (χ3v) is 10.1. The molecule has 0 radical (unpaired) electrons. The van der Waals surface area contributed by atoms with Crippen molar-refractivity contribution in [3.63, 3.8) is 0 Å². The molecule has 4 aliphatic rings. The van der Waals surface area contributed by atoms with Crippen molar-refractivity contribution in [2.75, 3.05) is 6.61 Å². The average Bonchev–Trinajstić information content (AvgIpc) is 3.37. The zero-order valence-electron chi connectivity index (χ0n) is 21.6. The Kier molecular flexibility index (Phi) is 5.21. The molecule has 2 saturated carbocycles. The number of aliphatic hydroxyl groups is 3. The lowest BCUT2D eigenvalue weighted by atomic mass is 9.59. The first-order valence-corrected chi connectivity index (χ1v) is 13.1. The predicted octanol–water partition coefficient (Wildman–Crippen LogP) is 3.83. The van der Waals surface area contributed by atoms with Gasteiger partial charge in [0.25, 0.3) is 0 Å². The highest BCUT2D eigenvalue weighted by Gasteiger charge is 2.76. The summed E-state index contributed by atoms with van der Waals surface area (Å²) in [5, 5.41) is 36.1. The lowest BCUT2D eigenvalue weighted by Crippen LogP contribution is -2.65. The number of Topliss-reactive ketones (excluding diaryl/α,β-unsaturated/α-hetero) is 1. The summed E-state index contributed by atoms with van der Waals surface area (Å²) >= 11 is 0. The molecule has 6 nitrogen and oxygen atoms in total. The van der Waals surface area contributed by atoms with Gasteiger partial charge in [0.2, 0.25) is 0 Å². The van der Waals surface area contributed by atoms with E-state index in [0.717, 1.165) is 10.8 Å². The van der Waals surface area contributed by atoms with Crippen LogP contribution < -0.4 is 0 Å². The van der Waals surface area contributed by atoms with E-state index in [0.29, 0.717) is 17.6 Å². The number of carbonyl (C=O) groups is 2. The third kappa shape index (κ3) is 2.98. The molecule has 2 aromatic rings. The number of fused-ring (bicyclic) bond motifs is 4. The van der Waals surface area contributed by atoms with Gasteiger partial charge in [-0.1, -0.05) is 69.3 Å². The van der Waals surface area contributed by atoms with Crippen molar-refractivity contribution in [2.24, 2.45) is 34.5 Å². The van der Waals surface area contributed by atoms with E-state index in [9.17, 15) is 24.9 Å². The molecule has 6 heteroatoms. The highest BCUT2D eigenvalue weighted by molar-refractivity contribution is 6.04. The monoisotopic (exact) mass is 502 g/mol. The van der Waals surface area contributed by atoms with Crippen LogP contribution in [0, 0.1) is 34.5 Å². The molecule has 4 aliphatic carbocycles. The van der Waals surface area contributed by atoms with E-state index in [-0.39, 0.29) is 34.5 Å². The lowest BCUT2D eigenvalue weighted by molar-refractivity contribution is -0.190. The lowest BCUT2D eigenvalue weighted by Gasteiger charge is -2.48. The molecule has 37 heavy (non-hydrogen) atoms. The summed E-state index contributed by atoms with van der Waals surface area (Å²) in [6.07, 6.45) is 1.32. The van der Waals surface area contributed by atoms with Gasteiger partial charge in [-0.25, -0.2) is 4.79 Å². The number of hydrogen-bond donors (Lipinski definition) is 3. The standard InChI is InChI=1S/C31H34O6/c1-16-14-30-17(2)12-23-24(29(23,3)4)22(26(30)34)13-19(15-32)25(33)31(30,36)27(16)37-28(35)21-11-7-9-18-8-5-6-10-20(18)21/h5-11,13-14,17,22-25,27,32-33,36H,12,15H2,1-4H3. The first kappa shape index (κ1) is 24.5. The number of aliphatic hydroxyl groups excluding tert-OH is 2. The van der Waals surface area contributed by atoms with Gasteiger partial charge in [-0.2, -0.15) is 0 Å². The van der Waals surface area contributed by atoms with Gasteiger partial charge in [0.1, 0.15) is 6.10 Å². The maximum Gasteiger partial charge on any atom is 0.339 e. The normalized spacial score (nSPS) is 39.6. The molecule has 0 amide bonds. The fourth-order valence-corrected chi connectivity index (χ4v) is 8.17. The SMILES string of the molecule is CC1=CC23C(=O)C(C=C(CO)C(O)C2(O)C1OC(=O)c1cccc2ccccc12)C1C(CC3C)C1(C)C. The molecule has 2 fully saturated rings. The van der Waals surface area contributed by atoms with Gasteiger partial charge >= 0.3 is 5.97 Å². The largest absolute Gasteiger partial charge is 0.451 e. The molecule has 0 saturated heterocycles. The fourth-order valence-electron chi connectivity index (χ4n) is 8.17. The van der Waals surface area contributed by atoms with Crippen molar-refractivity contribution >= 4 is 22.5 Å². The summed E-state index contributed by atoms with van der Waals surface area (Å²) in [6.45, 7) is 7.50. The summed E-state index contributed by atoms with van der Waals surface area (Å²) in [5.41, 5.74) is -2.55. The molecular formula is C31H34O6. The maximum absolute atomic E-state index is 14.4. The Balaban J connectivity index is 1.47. The molecule has 6 rings (SSSR count). The maximum atomic E-state index is 14.4. The highest BCUT2D eigenvalue weighted by atomic mass is 16.6. The zero-order chi connectivity index (χ0) is 26.5. The molecule has 194 valence electrons. The summed E-state index contributed by atoms with van der Waals surface area (Å²) in [6, 6.07) is 12.8. The van der Waals surface area contributed by atoms with E-state index in [4.69, 9.17) is 4.74 Å². The third-order valence-electron chi connectivity index (χ3n) is 10.1. The highest BCUT2D eigenvalue weighted by Crippen LogP contribution is 2.71. The summed E-state index contributed by atoms with van der Waals surface area (Å²) in [5.74, 6) is -1.28. The van der Waals surface area contributed by atoms with Crippen LogP contribution in [0.2, 0.25) is 0 Å². The van der Waals surface area contributed by atoms with E-state index in [1.165, 1.54) is 0 Å². The second-order valence-corrected chi connectivity index (χ2v) is 12.2. The summed E-state index contributed by atoms with van der Waals surface area (Å²) < 4.78 is 6.03. The van der Waals surface area contributed by atoms with E-state index in [2.05, 4.69) is 13.8 Å². The molecule has 2 bridgehead atoms. The number of rotatable bonds is 3. The zero-order valence-corrected chi connectivity index (χ0v) is 21.6. The number of hydrogen-bond acceptors (Lipinski definition) is 6. The Bertz CT molecular complexity index is 1380. The van der Waals surface area contributed by atoms with Crippen LogP contribution in [-0.4, -0.2) is 51.5 Å². The Hall–Kier alpha value is -2.80. The molecule has 8 atom stereocenters. The van der Waals surface area contributed by atoms with Gasteiger partial charge in [0.05, 0.1) is 17.6 Å². The Morgan fingerprint density at radius 1 is 1.14 bits per heavy atom. The van der Waals surface area contributed by atoms with Crippen molar-refractivity contribution in [3.8, 4) is 0 Å². The van der Waals surface area contributed by atoms with Crippen LogP contribution in [0.15, 0.2) is 65.8 Å². The van der Waals surface area contributed by atoms with Crippen LogP contribution in [0.25, 0.3) is 10.8 Å². The minimum absolute atomic E-state index is 0.0434. The second kappa shape index (κ2) is 7.85. The minimum atomic E-state index is -2.14. The van der Waals surface area contributed by atoms with Gasteiger partial charge in [0, 0.05) is 5.92 Å². The van der Waals surface area contributed by atoms with Crippen LogP contribution >= 0.6 is 0 Å². The van der Waals surface area contributed by atoms with Crippen molar-refractivity contribution in [1.29, 1.82) is 0 Å². The smallest absolute Gasteiger partial charge is 0.339 e. The van der Waals surface area contributed by atoms with E-state index in [1.807, 2.05) is 37.3 Å². The van der Waals surface area contributed by atoms with Crippen molar-refractivity contribution in [1.82, 2.24) is 0 Å². The van der Waals surface area contributed by atoms with Crippen LogP contribution in [0.5, 0.6) is 0 Å². The topological polar surface area (TPSA) is 104 Å². The molecule has 0 heterocycles. The number of benzene rings is 2. The van der Waals surface area contributed by atoms with Crippen LogP contribution in [0.3, 0.4) is 0 Å². The fraction of sp³-hybridized carbons (Fsp3) is 0.484. The Labute approximate surface area is 216 Å². The van der Waals surface area contributed by atoms with Crippen LogP contribution in [-0.2, 0) is 9.53 Å². The van der Waals surface area contributed by atoms with Crippen molar-refractivity contribution < 1.29 is 29.6 Å². The van der Waals surface area contributed by atoms with Gasteiger partial charge in [-0.05, 0) is 64.5 Å². The van der Waals surface area contributed by atoms with Crippen LogP contribution in [0.4, 0.5) is 0 Å². The van der Waals surface area contributed by atoms with Crippen LogP contribution in [0.1, 0.15) is 44.5 Å². The molecule has 2 aromatic carbocycles. The Morgan fingerprint density at radius 3 is 2.57 bits per heavy atom. The number of allylic oxidation sites excluding steroid dienone is 1. The number of ketones is 1.